The lowest BCUT2D eigenvalue weighted by molar-refractivity contribution is 0.0753. The first-order chi connectivity index (χ1) is 13.1. The Balaban J connectivity index is 1.87. The molecule has 0 bridgehead atoms. The first-order valence-electron chi connectivity index (χ1n) is 9.46. The molecule has 0 aliphatic rings. The summed E-state index contributed by atoms with van der Waals surface area (Å²) in [5, 5.41) is 0.561. The third-order valence-corrected chi connectivity index (χ3v) is 5.86. The molecule has 1 N–H and O–H groups in total. The number of rotatable bonds is 7. The van der Waals surface area contributed by atoms with Crippen molar-refractivity contribution in [1.29, 1.82) is 0 Å². The second-order valence-electron chi connectivity index (χ2n) is 6.51. The zero-order chi connectivity index (χ0) is 19.4. The summed E-state index contributed by atoms with van der Waals surface area (Å²) in [4.78, 5) is 36.4. The van der Waals surface area contributed by atoms with Gasteiger partial charge in [-0.05, 0) is 43.5 Å². The number of nitrogens with zero attached hydrogens (tertiary/aromatic N) is 2. The number of hydrogen-bond acceptors (Lipinski definition) is 4. The van der Waals surface area contributed by atoms with E-state index in [9.17, 15) is 9.59 Å². The van der Waals surface area contributed by atoms with Crippen molar-refractivity contribution in [3.8, 4) is 0 Å². The number of thiophene rings is 1. The van der Waals surface area contributed by atoms with E-state index in [4.69, 9.17) is 0 Å². The van der Waals surface area contributed by atoms with Crippen molar-refractivity contribution in [3.63, 3.8) is 0 Å². The molecule has 6 heteroatoms. The van der Waals surface area contributed by atoms with E-state index in [1.807, 2.05) is 31.2 Å². The number of nitrogens with one attached hydrogen (secondary N) is 1. The van der Waals surface area contributed by atoms with Crippen LogP contribution in [0.25, 0.3) is 10.9 Å². The number of aromatic nitrogens is 2. The lowest BCUT2D eigenvalue weighted by Gasteiger charge is -2.19. The molecule has 3 aromatic rings. The highest BCUT2D eigenvalue weighted by Gasteiger charge is 2.20. The number of amides is 1. The number of para-hydroxylation sites is 1. The summed E-state index contributed by atoms with van der Waals surface area (Å²) in [6.45, 7) is 7.06. The normalized spacial score (nSPS) is 11.1. The maximum absolute atomic E-state index is 13.0. The standard InChI is InChI=1S/C21H25N3O2S/c1-4-9-17-14(5-2)12-18(27-17)21(26)24(6-3)13-19-22-16-11-8-7-10-15(16)20(25)23-19/h7-8,10-12H,4-6,9,13H2,1-3H3,(H,22,23,25). The zero-order valence-corrected chi connectivity index (χ0v) is 16.9. The molecular formula is C21H25N3O2S. The van der Waals surface area contributed by atoms with Crippen molar-refractivity contribution >= 4 is 28.1 Å². The topological polar surface area (TPSA) is 66.1 Å². The van der Waals surface area contributed by atoms with Crippen molar-refractivity contribution < 1.29 is 4.79 Å². The van der Waals surface area contributed by atoms with Gasteiger partial charge in [0, 0.05) is 11.4 Å². The van der Waals surface area contributed by atoms with E-state index in [0.717, 1.165) is 24.1 Å². The fourth-order valence-electron chi connectivity index (χ4n) is 3.18. The Kier molecular flexibility index (Phi) is 6.06. The minimum atomic E-state index is -0.172. The van der Waals surface area contributed by atoms with Gasteiger partial charge in [0.1, 0.15) is 5.82 Å². The average molecular weight is 384 g/mol. The molecule has 0 aliphatic carbocycles. The molecule has 0 radical (unpaired) electrons. The zero-order valence-electron chi connectivity index (χ0n) is 16.0. The van der Waals surface area contributed by atoms with E-state index in [1.54, 1.807) is 22.3 Å². The third-order valence-electron chi connectivity index (χ3n) is 4.64. The second-order valence-corrected chi connectivity index (χ2v) is 7.65. The molecule has 1 amide bonds. The van der Waals surface area contributed by atoms with Crippen LogP contribution in [0, 0.1) is 0 Å². The molecule has 1 aromatic carbocycles. The molecule has 0 atom stereocenters. The van der Waals surface area contributed by atoms with Gasteiger partial charge in [0.25, 0.3) is 11.5 Å². The number of aromatic amines is 1. The minimum Gasteiger partial charge on any atom is -0.331 e. The smallest absolute Gasteiger partial charge is 0.264 e. The first kappa shape index (κ1) is 19.3. The van der Waals surface area contributed by atoms with Crippen LogP contribution < -0.4 is 5.56 Å². The quantitative estimate of drug-likeness (QED) is 0.666. The van der Waals surface area contributed by atoms with Gasteiger partial charge in [-0.2, -0.15) is 0 Å². The molecular weight excluding hydrogens is 358 g/mol. The highest BCUT2D eigenvalue weighted by atomic mass is 32.1. The molecule has 0 fully saturated rings. The van der Waals surface area contributed by atoms with E-state index in [-0.39, 0.29) is 18.0 Å². The fourth-order valence-corrected chi connectivity index (χ4v) is 4.51. The van der Waals surface area contributed by atoms with E-state index in [1.165, 1.54) is 10.4 Å². The van der Waals surface area contributed by atoms with Gasteiger partial charge >= 0.3 is 0 Å². The largest absolute Gasteiger partial charge is 0.331 e. The Morgan fingerprint density at radius 3 is 2.70 bits per heavy atom. The van der Waals surface area contributed by atoms with Crippen LogP contribution in [0.15, 0.2) is 35.1 Å². The van der Waals surface area contributed by atoms with Gasteiger partial charge in [0.05, 0.1) is 22.3 Å². The molecule has 0 aliphatic heterocycles. The molecule has 2 heterocycles. The van der Waals surface area contributed by atoms with Crippen LogP contribution in [0.2, 0.25) is 0 Å². The lowest BCUT2D eigenvalue weighted by Crippen LogP contribution is -2.31. The lowest BCUT2D eigenvalue weighted by atomic mass is 10.1. The monoisotopic (exact) mass is 383 g/mol. The predicted octanol–water partition coefficient (Wildman–Crippen LogP) is 4.16. The molecule has 3 rings (SSSR count). The Morgan fingerprint density at radius 1 is 1.22 bits per heavy atom. The highest BCUT2D eigenvalue weighted by molar-refractivity contribution is 7.14. The third kappa shape index (κ3) is 4.11. The number of fused-ring (bicyclic) bond motifs is 1. The second kappa shape index (κ2) is 8.48. The summed E-state index contributed by atoms with van der Waals surface area (Å²) < 4.78 is 0. The fraction of sp³-hybridized carbons (Fsp3) is 0.381. The summed E-state index contributed by atoms with van der Waals surface area (Å²) in [7, 11) is 0. The number of benzene rings is 1. The molecule has 5 nitrogen and oxygen atoms in total. The molecule has 27 heavy (non-hydrogen) atoms. The summed E-state index contributed by atoms with van der Waals surface area (Å²) in [5.74, 6) is 0.505. The maximum Gasteiger partial charge on any atom is 0.264 e. The Labute approximate surface area is 163 Å². The van der Waals surface area contributed by atoms with Gasteiger partial charge in [-0.25, -0.2) is 4.98 Å². The summed E-state index contributed by atoms with van der Waals surface area (Å²) in [6, 6.07) is 9.26. The molecule has 0 saturated heterocycles. The summed E-state index contributed by atoms with van der Waals surface area (Å²) in [5.41, 5.74) is 1.74. The van der Waals surface area contributed by atoms with Crippen LogP contribution >= 0.6 is 11.3 Å². The van der Waals surface area contributed by atoms with Gasteiger partial charge in [-0.1, -0.05) is 32.4 Å². The SMILES string of the molecule is CCCc1sc(C(=O)N(CC)Cc2nc3ccccc3c(=O)[nH]2)cc1CC. The van der Waals surface area contributed by atoms with Crippen molar-refractivity contribution in [2.45, 2.75) is 46.6 Å². The number of H-pyrrole nitrogens is 1. The van der Waals surface area contributed by atoms with Crippen molar-refractivity contribution in [2.75, 3.05) is 6.54 Å². The van der Waals surface area contributed by atoms with Gasteiger partial charge in [-0.15, -0.1) is 11.3 Å². The van der Waals surface area contributed by atoms with Gasteiger partial charge in [0.2, 0.25) is 0 Å². The van der Waals surface area contributed by atoms with Crippen molar-refractivity contribution in [3.05, 3.63) is 61.8 Å². The number of carbonyl (C=O) groups is 1. The Bertz CT molecular complexity index is 1010. The van der Waals surface area contributed by atoms with Crippen LogP contribution in [0.5, 0.6) is 0 Å². The number of hydrogen-bond donors (Lipinski definition) is 1. The van der Waals surface area contributed by atoms with Crippen LogP contribution in [0.3, 0.4) is 0 Å². The van der Waals surface area contributed by atoms with Gasteiger partial charge in [-0.3, -0.25) is 9.59 Å². The molecule has 142 valence electrons. The Morgan fingerprint density at radius 2 is 2.00 bits per heavy atom. The molecule has 0 spiro atoms. The highest BCUT2D eigenvalue weighted by Crippen LogP contribution is 2.26. The Hall–Kier alpha value is -2.47. The number of carbonyl (C=O) groups excluding carboxylic acids is 1. The van der Waals surface area contributed by atoms with Crippen molar-refractivity contribution in [1.82, 2.24) is 14.9 Å². The maximum atomic E-state index is 13.0. The number of aryl methyl sites for hydroxylation is 2. The predicted molar refractivity (Wildman–Crippen MR) is 110 cm³/mol. The molecule has 0 unspecified atom stereocenters. The first-order valence-corrected chi connectivity index (χ1v) is 10.3. The van der Waals surface area contributed by atoms with Crippen LogP contribution in [0.4, 0.5) is 0 Å². The minimum absolute atomic E-state index is 0.00430. The summed E-state index contributed by atoms with van der Waals surface area (Å²) in [6.07, 6.45) is 3.01. The van der Waals surface area contributed by atoms with E-state index in [2.05, 4.69) is 23.8 Å². The van der Waals surface area contributed by atoms with Gasteiger partial charge in [0.15, 0.2) is 0 Å². The summed E-state index contributed by atoms with van der Waals surface area (Å²) >= 11 is 1.59. The van der Waals surface area contributed by atoms with E-state index >= 15 is 0 Å². The van der Waals surface area contributed by atoms with E-state index < -0.39 is 0 Å². The average Bonchev–Trinajstić information content (AvgIpc) is 3.09. The van der Waals surface area contributed by atoms with Crippen LogP contribution in [0.1, 0.15) is 53.1 Å². The van der Waals surface area contributed by atoms with Crippen molar-refractivity contribution in [2.24, 2.45) is 0 Å². The molecule has 2 aromatic heterocycles. The van der Waals surface area contributed by atoms with Crippen LogP contribution in [-0.2, 0) is 19.4 Å². The van der Waals surface area contributed by atoms with Gasteiger partial charge < -0.3 is 9.88 Å². The molecule has 0 saturated carbocycles. The van der Waals surface area contributed by atoms with Crippen LogP contribution in [-0.4, -0.2) is 27.3 Å². The van der Waals surface area contributed by atoms with E-state index in [0.29, 0.717) is 23.3 Å².